The topological polar surface area (TPSA) is 109 Å². The van der Waals surface area contributed by atoms with Crippen molar-refractivity contribution in [1.29, 1.82) is 0 Å². The zero-order valence-corrected chi connectivity index (χ0v) is 19.7. The third kappa shape index (κ3) is 5.38. The second-order valence-electron chi connectivity index (χ2n) is 7.63. The maximum atomic E-state index is 12.8. The molecule has 0 unspecified atom stereocenters. The molecule has 0 saturated heterocycles. The number of fused-ring (bicyclic) bond motifs is 1. The summed E-state index contributed by atoms with van der Waals surface area (Å²) in [5, 5.41) is 0. The number of halogens is 3. The number of H-pyrrole nitrogens is 1. The zero-order valence-electron chi connectivity index (χ0n) is 18.0. The molecule has 4 aromatic rings. The van der Waals surface area contributed by atoms with Crippen LogP contribution in [0.15, 0.2) is 71.6 Å². The van der Waals surface area contributed by atoms with E-state index in [1.54, 1.807) is 53.3 Å². The summed E-state index contributed by atoms with van der Waals surface area (Å²) in [6.45, 7) is 0. The van der Waals surface area contributed by atoms with Crippen molar-refractivity contribution >= 4 is 48.7 Å². The van der Waals surface area contributed by atoms with Gasteiger partial charge in [0.1, 0.15) is 5.82 Å². The van der Waals surface area contributed by atoms with Crippen molar-refractivity contribution in [3.05, 3.63) is 78.1 Å². The molecule has 1 aromatic heterocycles. The van der Waals surface area contributed by atoms with Crippen LogP contribution in [0, 0.1) is 0 Å². The van der Waals surface area contributed by atoms with E-state index in [9.17, 15) is 30.0 Å². The van der Waals surface area contributed by atoms with Gasteiger partial charge in [0, 0.05) is 11.8 Å². The van der Waals surface area contributed by atoms with Crippen molar-refractivity contribution in [2.75, 3.05) is 11.0 Å². The predicted molar refractivity (Wildman–Crippen MR) is 129 cm³/mol. The van der Waals surface area contributed by atoms with E-state index in [4.69, 9.17) is 0 Å². The Morgan fingerprint density at radius 1 is 0.914 bits per heavy atom. The van der Waals surface area contributed by atoms with Gasteiger partial charge in [0.2, 0.25) is 0 Å². The van der Waals surface area contributed by atoms with Gasteiger partial charge in [0.15, 0.2) is 9.84 Å². The molecule has 35 heavy (non-hydrogen) atoms. The molecule has 0 fully saturated rings. The number of sulfonamides is 1. The summed E-state index contributed by atoms with van der Waals surface area (Å²) in [6, 6.07) is 17.0. The highest BCUT2D eigenvalue weighted by Crippen LogP contribution is 2.33. The summed E-state index contributed by atoms with van der Waals surface area (Å²) in [4.78, 5) is 7.77. The minimum Gasteiger partial charge on any atom is -0.338 e. The van der Waals surface area contributed by atoms with Crippen molar-refractivity contribution in [2.24, 2.45) is 0 Å². The van der Waals surface area contributed by atoms with Crippen molar-refractivity contribution in [3.8, 4) is 11.1 Å². The van der Waals surface area contributed by atoms with Gasteiger partial charge in [-0.2, -0.15) is 21.6 Å². The highest BCUT2D eigenvalue weighted by atomic mass is 32.2. The molecule has 4 rings (SSSR count). The number of sulfone groups is 1. The highest BCUT2D eigenvalue weighted by Gasteiger charge is 2.46. The van der Waals surface area contributed by atoms with Gasteiger partial charge in [-0.25, -0.2) is 13.4 Å². The number of benzene rings is 3. The van der Waals surface area contributed by atoms with E-state index in [1.165, 1.54) is 30.3 Å². The minimum absolute atomic E-state index is 0.211. The first-order valence-electron chi connectivity index (χ1n) is 10.00. The Hall–Kier alpha value is -3.64. The average Bonchev–Trinajstić information content (AvgIpc) is 3.19. The molecule has 0 amide bonds. The number of para-hydroxylation sites is 1. The van der Waals surface area contributed by atoms with Crippen LogP contribution in [-0.2, 0) is 19.9 Å². The zero-order chi connectivity index (χ0) is 25.4. The van der Waals surface area contributed by atoms with Gasteiger partial charge in [-0.05, 0) is 47.5 Å². The summed E-state index contributed by atoms with van der Waals surface area (Å²) in [7, 11) is -8.87. The summed E-state index contributed by atoms with van der Waals surface area (Å²) >= 11 is 0. The summed E-state index contributed by atoms with van der Waals surface area (Å²) in [5.74, 6) is 0.496. The standard InChI is InChI=1S/C23H18F3N3O4S2/c1-34(30,31)17-10-6-15(7-11-17)8-13-22-27-20-12-9-16(14-21(20)28-22)18-4-2-3-5-19(18)29-35(32,33)23(24,25)26/h2-14,29H,1H3,(H,27,28). The van der Waals surface area contributed by atoms with Crippen LogP contribution in [0.1, 0.15) is 11.4 Å². The van der Waals surface area contributed by atoms with E-state index in [2.05, 4.69) is 9.97 Å². The van der Waals surface area contributed by atoms with Gasteiger partial charge < -0.3 is 4.98 Å². The number of rotatable bonds is 6. The predicted octanol–water partition coefficient (Wildman–Crippen LogP) is 5.07. The quantitative estimate of drug-likeness (QED) is 0.369. The number of hydrogen-bond donors (Lipinski definition) is 2. The minimum atomic E-state index is -5.58. The molecule has 0 atom stereocenters. The molecule has 0 aliphatic carbocycles. The largest absolute Gasteiger partial charge is 0.516 e. The van der Waals surface area contributed by atoms with Crippen molar-refractivity contribution in [2.45, 2.75) is 10.4 Å². The fourth-order valence-electron chi connectivity index (χ4n) is 3.30. The number of nitrogens with one attached hydrogen (secondary N) is 2. The molecule has 0 aliphatic heterocycles. The second kappa shape index (κ2) is 8.86. The normalized spacial score (nSPS) is 12.9. The van der Waals surface area contributed by atoms with Crippen LogP contribution in [0.2, 0.25) is 0 Å². The first-order valence-corrected chi connectivity index (χ1v) is 13.4. The molecule has 0 bridgehead atoms. The second-order valence-corrected chi connectivity index (χ2v) is 11.3. The Morgan fingerprint density at radius 2 is 1.60 bits per heavy atom. The fourth-order valence-corrected chi connectivity index (χ4v) is 4.51. The lowest BCUT2D eigenvalue weighted by Gasteiger charge is -2.14. The Balaban J connectivity index is 1.62. The van der Waals surface area contributed by atoms with E-state index in [0.29, 0.717) is 22.4 Å². The van der Waals surface area contributed by atoms with Crippen LogP contribution >= 0.6 is 0 Å². The Kier molecular flexibility index (Phi) is 6.20. The van der Waals surface area contributed by atoms with E-state index >= 15 is 0 Å². The lowest BCUT2D eigenvalue weighted by atomic mass is 10.0. The van der Waals surface area contributed by atoms with Gasteiger partial charge >= 0.3 is 15.5 Å². The molecule has 7 nitrogen and oxygen atoms in total. The molecule has 1 heterocycles. The number of imidazole rings is 1. The molecule has 0 spiro atoms. The van der Waals surface area contributed by atoms with Crippen molar-refractivity contribution in [3.63, 3.8) is 0 Å². The van der Waals surface area contributed by atoms with E-state index in [-0.39, 0.29) is 16.1 Å². The molecular weight excluding hydrogens is 503 g/mol. The number of nitrogens with zero attached hydrogens (tertiary/aromatic N) is 1. The van der Waals surface area contributed by atoms with Crippen LogP contribution in [0.25, 0.3) is 34.3 Å². The highest BCUT2D eigenvalue weighted by molar-refractivity contribution is 7.93. The number of hydrogen-bond acceptors (Lipinski definition) is 5. The van der Waals surface area contributed by atoms with Crippen LogP contribution < -0.4 is 4.72 Å². The van der Waals surface area contributed by atoms with E-state index < -0.39 is 25.4 Å². The van der Waals surface area contributed by atoms with Gasteiger partial charge in [-0.1, -0.05) is 42.5 Å². The molecule has 2 N–H and O–H groups in total. The Labute approximate surface area is 199 Å². The van der Waals surface area contributed by atoms with Crippen LogP contribution in [0.4, 0.5) is 18.9 Å². The summed E-state index contributed by atoms with van der Waals surface area (Å²) in [5.41, 5.74) is -3.00. The number of aromatic nitrogens is 2. The van der Waals surface area contributed by atoms with Crippen molar-refractivity contribution in [1.82, 2.24) is 9.97 Å². The van der Waals surface area contributed by atoms with Gasteiger partial charge in [-0.3, -0.25) is 4.72 Å². The van der Waals surface area contributed by atoms with Crippen LogP contribution in [0.3, 0.4) is 0 Å². The van der Waals surface area contributed by atoms with Crippen LogP contribution in [0.5, 0.6) is 0 Å². The SMILES string of the molecule is CS(=O)(=O)c1ccc(C=Cc2nc3cc(-c4ccccc4NS(=O)(=O)C(F)(F)F)ccc3[nH]2)cc1. The van der Waals surface area contributed by atoms with Gasteiger partial charge in [0.05, 0.1) is 21.6 Å². The number of anilines is 1. The Morgan fingerprint density at radius 3 is 2.26 bits per heavy atom. The van der Waals surface area contributed by atoms with E-state index in [0.717, 1.165) is 11.8 Å². The molecule has 12 heteroatoms. The first-order chi connectivity index (χ1) is 16.3. The summed E-state index contributed by atoms with van der Waals surface area (Å²) in [6.07, 6.45) is 4.57. The smallest absolute Gasteiger partial charge is 0.338 e. The summed E-state index contributed by atoms with van der Waals surface area (Å²) < 4.78 is 86.4. The molecule has 3 aromatic carbocycles. The maximum absolute atomic E-state index is 12.8. The molecule has 0 radical (unpaired) electrons. The average molecular weight is 522 g/mol. The van der Waals surface area contributed by atoms with Crippen molar-refractivity contribution < 1.29 is 30.0 Å². The molecule has 0 aliphatic rings. The maximum Gasteiger partial charge on any atom is 0.516 e. The van der Waals surface area contributed by atoms with Gasteiger partial charge in [-0.15, -0.1) is 0 Å². The third-order valence-corrected chi connectivity index (χ3v) is 7.26. The Bertz CT molecular complexity index is 1640. The monoisotopic (exact) mass is 521 g/mol. The van der Waals surface area contributed by atoms with Crippen LogP contribution in [-0.4, -0.2) is 38.6 Å². The molecule has 0 saturated carbocycles. The number of aromatic amines is 1. The third-order valence-electron chi connectivity index (χ3n) is 5.03. The molecule has 182 valence electrons. The fraction of sp³-hybridized carbons (Fsp3) is 0.0870. The van der Waals surface area contributed by atoms with Gasteiger partial charge in [0.25, 0.3) is 0 Å². The number of alkyl halides is 3. The molecular formula is C23H18F3N3O4S2. The van der Waals surface area contributed by atoms with E-state index in [1.807, 2.05) is 0 Å². The lowest BCUT2D eigenvalue weighted by molar-refractivity contribution is -0.0429. The first kappa shape index (κ1) is 24.5. The lowest BCUT2D eigenvalue weighted by Crippen LogP contribution is -2.30.